The molecular weight excluding hydrogens is 452 g/mol. The van der Waals surface area contributed by atoms with Crippen molar-refractivity contribution in [3.8, 4) is 11.8 Å². The predicted octanol–water partition coefficient (Wildman–Crippen LogP) is 4.38. The lowest BCUT2D eigenvalue weighted by Gasteiger charge is -2.19. The summed E-state index contributed by atoms with van der Waals surface area (Å²) in [6.45, 7) is 3.56. The van der Waals surface area contributed by atoms with Crippen LogP contribution < -0.4 is 10.1 Å². The molecule has 0 saturated carbocycles. The molecule has 3 rings (SSSR count). The van der Waals surface area contributed by atoms with Gasteiger partial charge in [0.1, 0.15) is 5.75 Å². The van der Waals surface area contributed by atoms with Gasteiger partial charge in [-0.05, 0) is 55.9 Å². The highest BCUT2D eigenvalue weighted by atomic mass is 35.5. The molecule has 1 atom stereocenters. The molecule has 0 radical (unpaired) electrons. The van der Waals surface area contributed by atoms with Crippen LogP contribution in [0.15, 0.2) is 36.5 Å². The average molecular weight is 483 g/mol. The number of halogens is 1. The standard InChI is InChI=1S/C26H31ClN4O3/c1-5-19-8-18(11-28)9-22-25(19)30-13-20(15-34-16-21(32)14-31(2)3)26(22)29-12-17-6-7-24(33-4)23(27)10-17/h6-10,13,21,32H,5,12,14-16H2,1-4H3,(H,29,30). The number of aryl methyl sites for hydroxylation is 1. The van der Waals surface area contributed by atoms with Crippen LogP contribution in [0.2, 0.25) is 5.02 Å². The molecule has 0 fully saturated rings. The molecule has 0 aliphatic rings. The summed E-state index contributed by atoms with van der Waals surface area (Å²) >= 11 is 6.30. The van der Waals surface area contributed by atoms with E-state index in [2.05, 4.69) is 16.4 Å². The number of hydrogen-bond acceptors (Lipinski definition) is 7. The van der Waals surface area contributed by atoms with Crippen molar-refractivity contribution in [2.75, 3.05) is 39.7 Å². The molecular formula is C26H31ClN4O3. The Bertz CT molecular complexity index is 1180. The van der Waals surface area contributed by atoms with Crippen LogP contribution in [0.25, 0.3) is 10.9 Å². The molecule has 8 heteroatoms. The first kappa shape index (κ1) is 25.7. The van der Waals surface area contributed by atoms with Gasteiger partial charge in [0, 0.05) is 30.2 Å². The third-order valence-electron chi connectivity index (χ3n) is 5.47. The first-order valence-corrected chi connectivity index (χ1v) is 11.6. The Morgan fingerprint density at radius 1 is 1.24 bits per heavy atom. The lowest BCUT2D eigenvalue weighted by Crippen LogP contribution is -2.29. The van der Waals surface area contributed by atoms with E-state index in [1.807, 2.05) is 56.3 Å². The molecule has 1 aromatic heterocycles. The molecule has 2 N–H and O–H groups in total. The van der Waals surface area contributed by atoms with E-state index in [1.54, 1.807) is 13.3 Å². The Labute approximate surface area is 205 Å². The number of likely N-dealkylation sites (N-methyl/N-ethyl adjacent to an activating group) is 1. The van der Waals surface area contributed by atoms with Crippen molar-refractivity contribution in [3.63, 3.8) is 0 Å². The zero-order valence-electron chi connectivity index (χ0n) is 20.1. The monoisotopic (exact) mass is 482 g/mol. The average Bonchev–Trinajstić information content (AvgIpc) is 2.81. The van der Waals surface area contributed by atoms with Gasteiger partial charge in [0.2, 0.25) is 0 Å². The van der Waals surface area contributed by atoms with Crippen LogP contribution in [0.1, 0.15) is 29.2 Å². The van der Waals surface area contributed by atoms with Gasteiger partial charge in [0.05, 0.1) is 54.3 Å². The largest absolute Gasteiger partial charge is 0.495 e. The van der Waals surface area contributed by atoms with Gasteiger partial charge in [-0.2, -0.15) is 5.26 Å². The molecule has 0 aliphatic carbocycles. The fraction of sp³-hybridized carbons (Fsp3) is 0.385. The van der Waals surface area contributed by atoms with Crippen LogP contribution in [-0.2, 0) is 24.3 Å². The summed E-state index contributed by atoms with van der Waals surface area (Å²) in [6.07, 6.45) is 1.98. The summed E-state index contributed by atoms with van der Waals surface area (Å²) in [6, 6.07) is 11.6. The number of ether oxygens (including phenoxy) is 2. The van der Waals surface area contributed by atoms with Crippen molar-refractivity contribution < 1.29 is 14.6 Å². The van der Waals surface area contributed by atoms with Gasteiger partial charge in [-0.3, -0.25) is 4.98 Å². The Morgan fingerprint density at radius 3 is 2.68 bits per heavy atom. The third-order valence-corrected chi connectivity index (χ3v) is 5.76. The number of nitrogens with one attached hydrogen (secondary N) is 1. The number of anilines is 1. The molecule has 0 aliphatic heterocycles. The van der Waals surface area contributed by atoms with E-state index in [-0.39, 0.29) is 13.2 Å². The molecule has 3 aromatic rings. The number of hydrogen-bond donors (Lipinski definition) is 2. The van der Waals surface area contributed by atoms with Gasteiger partial charge in [0.15, 0.2) is 0 Å². The van der Waals surface area contributed by atoms with Gasteiger partial charge >= 0.3 is 0 Å². The number of benzene rings is 2. The molecule has 1 heterocycles. The molecule has 0 spiro atoms. The third kappa shape index (κ3) is 6.37. The highest BCUT2D eigenvalue weighted by Crippen LogP contribution is 2.31. The molecule has 1 unspecified atom stereocenters. The van der Waals surface area contributed by atoms with Gasteiger partial charge in [-0.15, -0.1) is 0 Å². The summed E-state index contributed by atoms with van der Waals surface area (Å²) < 4.78 is 11.1. The van der Waals surface area contributed by atoms with Crippen LogP contribution in [-0.4, -0.2) is 55.5 Å². The topological polar surface area (TPSA) is 90.6 Å². The molecule has 0 bridgehead atoms. The SMILES string of the molecule is CCc1cc(C#N)cc2c(NCc3ccc(OC)c(Cl)c3)c(COCC(O)CN(C)C)cnc12. The van der Waals surface area contributed by atoms with E-state index in [4.69, 9.17) is 21.1 Å². The maximum absolute atomic E-state index is 10.1. The zero-order chi connectivity index (χ0) is 24.7. The predicted molar refractivity (Wildman–Crippen MR) is 135 cm³/mol. The summed E-state index contributed by atoms with van der Waals surface area (Å²) in [5, 5.41) is 24.6. The minimum absolute atomic E-state index is 0.211. The fourth-order valence-electron chi connectivity index (χ4n) is 3.86. The Hall–Kier alpha value is -2.89. The number of aromatic nitrogens is 1. The summed E-state index contributed by atoms with van der Waals surface area (Å²) in [5.41, 5.74) is 5.14. The van der Waals surface area contributed by atoms with Crippen molar-refractivity contribution in [2.45, 2.75) is 32.6 Å². The van der Waals surface area contributed by atoms with E-state index in [1.165, 1.54) is 0 Å². The van der Waals surface area contributed by atoms with Crippen molar-refractivity contribution in [2.24, 2.45) is 0 Å². The summed E-state index contributed by atoms with van der Waals surface area (Å²) in [7, 11) is 5.39. The molecule has 2 aromatic carbocycles. The van der Waals surface area contributed by atoms with E-state index in [0.29, 0.717) is 29.4 Å². The van der Waals surface area contributed by atoms with Crippen LogP contribution in [0.5, 0.6) is 5.75 Å². The lowest BCUT2D eigenvalue weighted by molar-refractivity contribution is 0.0170. The minimum atomic E-state index is -0.585. The number of aliphatic hydroxyl groups excluding tert-OH is 1. The first-order chi connectivity index (χ1) is 16.4. The van der Waals surface area contributed by atoms with Crippen LogP contribution in [0.3, 0.4) is 0 Å². The van der Waals surface area contributed by atoms with Gasteiger partial charge in [-0.1, -0.05) is 24.6 Å². The van der Waals surface area contributed by atoms with Crippen LogP contribution in [0.4, 0.5) is 5.69 Å². The number of nitrogens with zero attached hydrogens (tertiary/aromatic N) is 3. The smallest absolute Gasteiger partial charge is 0.137 e. The second-order valence-electron chi connectivity index (χ2n) is 8.41. The molecule has 0 amide bonds. The summed E-state index contributed by atoms with van der Waals surface area (Å²) in [5.74, 6) is 0.622. The first-order valence-electron chi connectivity index (χ1n) is 11.2. The number of nitriles is 1. The second-order valence-corrected chi connectivity index (χ2v) is 8.82. The van der Waals surface area contributed by atoms with E-state index in [9.17, 15) is 10.4 Å². The van der Waals surface area contributed by atoms with E-state index >= 15 is 0 Å². The second kappa shape index (κ2) is 12.0. The van der Waals surface area contributed by atoms with E-state index in [0.717, 1.165) is 39.7 Å². The Kier molecular flexibility index (Phi) is 9.08. The van der Waals surface area contributed by atoms with Crippen LogP contribution >= 0.6 is 11.6 Å². The number of aliphatic hydroxyl groups is 1. The lowest BCUT2D eigenvalue weighted by atomic mass is 10.0. The highest BCUT2D eigenvalue weighted by Gasteiger charge is 2.15. The summed E-state index contributed by atoms with van der Waals surface area (Å²) in [4.78, 5) is 6.60. The normalized spacial score (nSPS) is 12.1. The molecule has 34 heavy (non-hydrogen) atoms. The fourth-order valence-corrected chi connectivity index (χ4v) is 4.14. The van der Waals surface area contributed by atoms with Crippen molar-refractivity contribution in [1.29, 1.82) is 5.26 Å². The number of pyridine rings is 1. The van der Waals surface area contributed by atoms with Gasteiger partial charge < -0.3 is 24.8 Å². The van der Waals surface area contributed by atoms with Gasteiger partial charge in [0.25, 0.3) is 0 Å². The molecule has 0 saturated heterocycles. The Balaban J connectivity index is 1.94. The van der Waals surface area contributed by atoms with Crippen molar-refractivity contribution in [1.82, 2.24) is 9.88 Å². The maximum atomic E-state index is 10.1. The van der Waals surface area contributed by atoms with E-state index < -0.39 is 6.10 Å². The van der Waals surface area contributed by atoms with Crippen molar-refractivity contribution in [3.05, 3.63) is 63.8 Å². The van der Waals surface area contributed by atoms with Crippen LogP contribution in [0, 0.1) is 11.3 Å². The van der Waals surface area contributed by atoms with Crippen molar-refractivity contribution >= 4 is 28.2 Å². The number of methoxy groups -OCH3 is 1. The number of fused-ring (bicyclic) bond motifs is 1. The zero-order valence-corrected chi connectivity index (χ0v) is 20.8. The Morgan fingerprint density at radius 2 is 2.03 bits per heavy atom. The molecule has 7 nitrogen and oxygen atoms in total. The molecule has 180 valence electrons. The highest BCUT2D eigenvalue weighted by molar-refractivity contribution is 6.32. The quantitative estimate of drug-likeness (QED) is 0.419. The minimum Gasteiger partial charge on any atom is -0.495 e. The maximum Gasteiger partial charge on any atom is 0.137 e. The van der Waals surface area contributed by atoms with Gasteiger partial charge in [-0.25, -0.2) is 0 Å². The number of rotatable bonds is 11.